The quantitative estimate of drug-likeness (QED) is 0.580. The second kappa shape index (κ2) is 3.78. The molecular formula is C7H10N2O2. The number of H-pyrrole nitrogens is 1. The molecule has 0 atom stereocenters. The van der Waals surface area contributed by atoms with Gasteiger partial charge in [0.25, 0.3) is 0 Å². The third-order valence-electron chi connectivity index (χ3n) is 1.27. The maximum absolute atomic E-state index is 10.1. The molecule has 0 fully saturated rings. The van der Waals surface area contributed by atoms with Crippen LogP contribution in [0.5, 0.6) is 0 Å². The smallest absolute Gasteiger partial charge is 0.317 e. The van der Waals surface area contributed by atoms with E-state index in [0.29, 0.717) is 6.54 Å². The molecule has 1 aromatic rings. The minimum atomic E-state index is -0.833. The van der Waals surface area contributed by atoms with Crippen LogP contribution in [0.15, 0.2) is 18.5 Å². The fraction of sp³-hybridized carbons (Fsp3) is 0.286. The van der Waals surface area contributed by atoms with Crippen LogP contribution >= 0.6 is 0 Å². The van der Waals surface area contributed by atoms with Crippen molar-refractivity contribution in [1.82, 2.24) is 10.3 Å². The van der Waals surface area contributed by atoms with E-state index in [-0.39, 0.29) is 6.54 Å². The molecule has 0 aliphatic rings. The number of carboxylic acids is 1. The zero-order valence-corrected chi connectivity index (χ0v) is 6.00. The lowest BCUT2D eigenvalue weighted by Gasteiger charge is -1.96. The molecule has 1 aromatic heterocycles. The first-order valence-corrected chi connectivity index (χ1v) is 3.33. The van der Waals surface area contributed by atoms with Crippen LogP contribution in [-0.4, -0.2) is 22.6 Å². The molecule has 1 rings (SSSR count). The maximum atomic E-state index is 10.1. The van der Waals surface area contributed by atoms with Gasteiger partial charge in [0.1, 0.15) is 0 Å². The van der Waals surface area contributed by atoms with E-state index >= 15 is 0 Å². The van der Waals surface area contributed by atoms with Crippen molar-refractivity contribution < 1.29 is 9.90 Å². The van der Waals surface area contributed by atoms with Crippen molar-refractivity contribution in [1.29, 1.82) is 0 Å². The Morgan fingerprint density at radius 1 is 1.73 bits per heavy atom. The predicted molar refractivity (Wildman–Crippen MR) is 40.1 cm³/mol. The molecule has 0 spiro atoms. The van der Waals surface area contributed by atoms with Gasteiger partial charge in [-0.25, -0.2) is 0 Å². The summed E-state index contributed by atoms with van der Waals surface area (Å²) in [5.74, 6) is -0.833. The summed E-state index contributed by atoms with van der Waals surface area (Å²) in [6.07, 6.45) is 3.63. The van der Waals surface area contributed by atoms with E-state index in [1.54, 1.807) is 6.20 Å². The maximum Gasteiger partial charge on any atom is 0.317 e. The lowest BCUT2D eigenvalue weighted by molar-refractivity contribution is -0.135. The molecule has 0 amide bonds. The summed E-state index contributed by atoms with van der Waals surface area (Å²) in [5.41, 5.74) is 1.06. The number of carbonyl (C=O) groups is 1. The second-order valence-corrected chi connectivity index (χ2v) is 2.22. The van der Waals surface area contributed by atoms with Crippen molar-refractivity contribution in [2.45, 2.75) is 6.54 Å². The zero-order chi connectivity index (χ0) is 8.10. The Bertz CT molecular complexity index is 218. The van der Waals surface area contributed by atoms with Crippen molar-refractivity contribution in [3.05, 3.63) is 24.0 Å². The number of carboxylic acid groups (broad SMARTS) is 1. The summed E-state index contributed by atoms with van der Waals surface area (Å²) >= 11 is 0. The van der Waals surface area contributed by atoms with E-state index in [0.717, 1.165) is 5.56 Å². The summed E-state index contributed by atoms with van der Waals surface area (Å²) in [5, 5.41) is 11.0. The molecule has 0 radical (unpaired) electrons. The molecule has 0 aromatic carbocycles. The van der Waals surface area contributed by atoms with Crippen LogP contribution < -0.4 is 5.32 Å². The van der Waals surface area contributed by atoms with Crippen molar-refractivity contribution in [2.75, 3.05) is 6.54 Å². The van der Waals surface area contributed by atoms with Crippen LogP contribution in [-0.2, 0) is 11.3 Å². The minimum Gasteiger partial charge on any atom is -0.480 e. The number of rotatable bonds is 4. The molecule has 4 nitrogen and oxygen atoms in total. The first-order valence-electron chi connectivity index (χ1n) is 3.33. The predicted octanol–water partition coefficient (Wildman–Crippen LogP) is 0.189. The molecule has 11 heavy (non-hydrogen) atoms. The Labute approximate surface area is 64.2 Å². The van der Waals surface area contributed by atoms with Crippen LogP contribution in [0.3, 0.4) is 0 Å². The largest absolute Gasteiger partial charge is 0.480 e. The Balaban J connectivity index is 2.19. The monoisotopic (exact) mass is 154 g/mol. The van der Waals surface area contributed by atoms with Crippen molar-refractivity contribution >= 4 is 5.97 Å². The molecule has 0 unspecified atom stereocenters. The van der Waals surface area contributed by atoms with E-state index < -0.39 is 5.97 Å². The third-order valence-corrected chi connectivity index (χ3v) is 1.27. The van der Waals surface area contributed by atoms with Gasteiger partial charge in [0.15, 0.2) is 0 Å². The van der Waals surface area contributed by atoms with Crippen LogP contribution in [0.4, 0.5) is 0 Å². The van der Waals surface area contributed by atoms with E-state index in [1.165, 1.54) is 0 Å². The highest BCUT2D eigenvalue weighted by molar-refractivity contribution is 5.68. The summed E-state index contributed by atoms with van der Waals surface area (Å²) in [6, 6.07) is 1.90. The first kappa shape index (κ1) is 7.81. The molecule has 0 saturated heterocycles. The normalized spacial score (nSPS) is 9.82. The molecule has 0 aliphatic carbocycles. The van der Waals surface area contributed by atoms with E-state index in [9.17, 15) is 4.79 Å². The second-order valence-electron chi connectivity index (χ2n) is 2.22. The standard InChI is InChI=1S/C7H10N2O2/c10-7(11)5-9-4-6-1-2-8-3-6/h1-3,8-9H,4-5H2,(H,10,11). The molecule has 0 saturated carbocycles. The van der Waals surface area contributed by atoms with Crippen molar-refractivity contribution in [2.24, 2.45) is 0 Å². The van der Waals surface area contributed by atoms with E-state index in [4.69, 9.17) is 5.11 Å². The van der Waals surface area contributed by atoms with E-state index in [2.05, 4.69) is 10.3 Å². The van der Waals surface area contributed by atoms with Crippen molar-refractivity contribution in [3.8, 4) is 0 Å². The van der Waals surface area contributed by atoms with Gasteiger partial charge in [0.05, 0.1) is 6.54 Å². The summed E-state index contributed by atoms with van der Waals surface area (Å²) < 4.78 is 0. The van der Waals surface area contributed by atoms with Gasteiger partial charge in [-0.15, -0.1) is 0 Å². The summed E-state index contributed by atoms with van der Waals surface area (Å²) in [6.45, 7) is 0.598. The lowest BCUT2D eigenvalue weighted by atomic mass is 10.3. The zero-order valence-electron chi connectivity index (χ0n) is 6.00. The highest BCUT2D eigenvalue weighted by atomic mass is 16.4. The molecule has 3 N–H and O–H groups in total. The van der Waals surface area contributed by atoms with Crippen LogP contribution in [0.1, 0.15) is 5.56 Å². The molecule has 0 bridgehead atoms. The Morgan fingerprint density at radius 2 is 2.55 bits per heavy atom. The summed E-state index contributed by atoms with van der Waals surface area (Å²) in [7, 11) is 0. The van der Waals surface area contributed by atoms with Crippen molar-refractivity contribution in [3.63, 3.8) is 0 Å². The number of aliphatic carboxylic acids is 1. The number of nitrogens with one attached hydrogen (secondary N) is 2. The van der Waals surface area contributed by atoms with Crippen LogP contribution in [0.2, 0.25) is 0 Å². The van der Waals surface area contributed by atoms with Crippen LogP contribution in [0.25, 0.3) is 0 Å². The summed E-state index contributed by atoms with van der Waals surface area (Å²) in [4.78, 5) is 12.9. The topological polar surface area (TPSA) is 65.1 Å². The van der Waals surface area contributed by atoms with Gasteiger partial charge in [-0.2, -0.15) is 0 Å². The van der Waals surface area contributed by atoms with Gasteiger partial charge >= 0.3 is 5.97 Å². The van der Waals surface area contributed by atoms with Gasteiger partial charge in [-0.05, 0) is 11.6 Å². The Hall–Kier alpha value is -1.29. The Kier molecular flexibility index (Phi) is 2.68. The third kappa shape index (κ3) is 2.86. The van der Waals surface area contributed by atoms with Gasteiger partial charge in [0, 0.05) is 18.9 Å². The number of aromatic amines is 1. The average Bonchev–Trinajstić information content (AvgIpc) is 2.39. The number of hydrogen-bond donors (Lipinski definition) is 3. The number of aromatic nitrogens is 1. The van der Waals surface area contributed by atoms with Crippen LogP contribution in [0, 0.1) is 0 Å². The average molecular weight is 154 g/mol. The SMILES string of the molecule is O=C(O)CNCc1cc[nH]c1. The van der Waals surface area contributed by atoms with Gasteiger partial charge < -0.3 is 15.4 Å². The lowest BCUT2D eigenvalue weighted by Crippen LogP contribution is -2.21. The molecule has 0 aliphatic heterocycles. The molecule has 1 heterocycles. The fourth-order valence-electron chi connectivity index (χ4n) is 0.782. The minimum absolute atomic E-state index is 0.00514. The van der Waals surface area contributed by atoms with Gasteiger partial charge in [-0.3, -0.25) is 4.79 Å². The fourth-order valence-corrected chi connectivity index (χ4v) is 0.782. The molecule has 60 valence electrons. The Morgan fingerprint density at radius 3 is 3.09 bits per heavy atom. The molecule has 4 heteroatoms. The van der Waals surface area contributed by atoms with Gasteiger partial charge in [0.2, 0.25) is 0 Å². The molecular weight excluding hydrogens is 144 g/mol. The highest BCUT2D eigenvalue weighted by Crippen LogP contribution is 1.93. The first-order chi connectivity index (χ1) is 5.29. The van der Waals surface area contributed by atoms with Gasteiger partial charge in [-0.1, -0.05) is 0 Å². The highest BCUT2D eigenvalue weighted by Gasteiger charge is 1.95. The van der Waals surface area contributed by atoms with E-state index in [1.807, 2.05) is 12.3 Å². The number of hydrogen-bond acceptors (Lipinski definition) is 2.